The van der Waals surface area contributed by atoms with Gasteiger partial charge in [-0.1, -0.05) is 45.0 Å². The Labute approximate surface area is 174 Å². The van der Waals surface area contributed by atoms with Gasteiger partial charge in [-0.3, -0.25) is 9.59 Å². The summed E-state index contributed by atoms with van der Waals surface area (Å²) in [4.78, 5) is 26.5. The predicted octanol–water partition coefficient (Wildman–Crippen LogP) is 5.43. The van der Waals surface area contributed by atoms with Gasteiger partial charge in [0.2, 0.25) is 0 Å². The van der Waals surface area contributed by atoms with Crippen LogP contribution < -0.4 is 11.1 Å². The molecule has 0 amide bonds. The highest BCUT2D eigenvalue weighted by Gasteiger charge is 2.36. The fraction of sp³-hybridized carbons (Fsp3) is 0.391. The molecule has 0 saturated heterocycles. The third kappa shape index (κ3) is 3.16. The van der Waals surface area contributed by atoms with E-state index in [1.807, 2.05) is 6.07 Å². The molecule has 2 aliphatic rings. The number of benzene rings is 2. The van der Waals surface area contributed by atoms with E-state index in [2.05, 4.69) is 42.0 Å². The highest BCUT2D eigenvalue weighted by atomic mass is 79.9. The van der Waals surface area contributed by atoms with Gasteiger partial charge in [-0.15, -0.1) is 0 Å². The average molecular weight is 441 g/mol. The number of hydrogen-bond acceptors (Lipinski definition) is 4. The Bertz CT molecular complexity index is 996. The second-order valence-electron chi connectivity index (χ2n) is 9.03. The summed E-state index contributed by atoms with van der Waals surface area (Å²) >= 11 is 3.48. The quantitative estimate of drug-likeness (QED) is 0.520. The lowest BCUT2D eigenvalue weighted by Crippen LogP contribution is -2.36. The first-order valence-electron chi connectivity index (χ1n) is 9.75. The molecule has 0 spiro atoms. The zero-order valence-electron chi connectivity index (χ0n) is 16.4. The minimum atomic E-state index is -0.190. The van der Waals surface area contributed by atoms with Gasteiger partial charge in [-0.05, 0) is 52.6 Å². The molecule has 3 N–H and O–H groups in total. The van der Waals surface area contributed by atoms with Crippen molar-refractivity contribution < 1.29 is 9.59 Å². The zero-order valence-corrected chi connectivity index (χ0v) is 18.0. The number of fused-ring (bicyclic) bond motifs is 2. The van der Waals surface area contributed by atoms with Crippen molar-refractivity contribution >= 4 is 38.9 Å². The minimum Gasteiger partial charge on any atom is -0.397 e. The summed E-state index contributed by atoms with van der Waals surface area (Å²) in [6.07, 6.45) is 3.26. The largest absolute Gasteiger partial charge is 0.397 e. The van der Waals surface area contributed by atoms with Crippen LogP contribution in [0.15, 0.2) is 34.8 Å². The molecule has 0 heterocycles. The van der Waals surface area contributed by atoms with E-state index in [-0.39, 0.29) is 23.0 Å². The van der Waals surface area contributed by atoms with Crippen molar-refractivity contribution in [1.82, 2.24) is 0 Å². The van der Waals surface area contributed by atoms with E-state index in [4.69, 9.17) is 5.73 Å². The number of nitrogens with two attached hydrogens (primary N) is 1. The molecule has 2 unspecified atom stereocenters. The number of carbonyl (C=O) groups is 2. The lowest BCUT2D eigenvalue weighted by atomic mass is 9.70. The van der Waals surface area contributed by atoms with E-state index < -0.39 is 0 Å². The third-order valence-corrected chi connectivity index (χ3v) is 6.59. The van der Waals surface area contributed by atoms with E-state index in [0.29, 0.717) is 44.0 Å². The van der Waals surface area contributed by atoms with Gasteiger partial charge in [0.15, 0.2) is 11.6 Å². The van der Waals surface area contributed by atoms with Crippen molar-refractivity contribution in [2.24, 2.45) is 11.3 Å². The van der Waals surface area contributed by atoms with Gasteiger partial charge >= 0.3 is 0 Å². The van der Waals surface area contributed by atoms with Gasteiger partial charge in [0.25, 0.3) is 0 Å². The summed E-state index contributed by atoms with van der Waals surface area (Å²) in [7, 11) is 0. The molecule has 1 saturated carbocycles. The second-order valence-corrected chi connectivity index (χ2v) is 9.88. The van der Waals surface area contributed by atoms with E-state index in [9.17, 15) is 9.59 Å². The fourth-order valence-electron chi connectivity index (χ4n) is 5.08. The number of rotatable bonds is 2. The van der Waals surface area contributed by atoms with Gasteiger partial charge in [0.1, 0.15) is 0 Å². The molecule has 1 fully saturated rings. The molecule has 2 aliphatic carbocycles. The first kappa shape index (κ1) is 19.2. The minimum absolute atomic E-state index is 0.144. The van der Waals surface area contributed by atoms with Crippen LogP contribution in [-0.2, 0) is 0 Å². The first-order valence-corrected chi connectivity index (χ1v) is 10.5. The van der Waals surface area contributed by atoms with E-state index in [0.717, 1.165) is 12.8 Å². The molecule has 0 bridgehead atoms. The second kappa shape index (κ2) is 6.73. The Hall–Kier alpha value is -2.14. The number of nitrogens with one attached hydrogen (secondary N) is 1. The van der Waals surface area contributed by atoms with Crippen LogP contribution in [0.4, 0.5) is 11.4 Å². The smallest absolute Gasteiger partial charge is 0.196 e. The SMILES string of the molecule is CC1CC(Nc2cc(Br)c(N)c3c2C(=O)c2ccccc2C3=O)CC(C)(C)C1. The van der Waals surface area contributed by atoms with E-state index in [1.54, 1.807) is 24.3 Å². The molecule has 0 radical (unpaired) electrons. The molecule has 4 nitrogen and oxygen atoms in total. The topological polar surface area (TPSA) is 72.2 Å². The van der Waals surface area contributed by atoms with Gasteiger partial charge in [-0.25, -0.2) is 0 Å². The molecule has 28 heavy (non-hydrogen) atoms. The van der Waals surface area contributed by atoms with Crippen LogP contribution in [0.5, 0.6) is 0 Å². The number of anilines is 2. The lowest BCUT2D eigenvalue weighted by molar-refractivity contribution is 0.0980. The predicted molar refractivity (Wildman–Crippen MR) is 116 cm³/mol. The van der Waals surface area contributed by atoms with Crippen LogP contribution in [0, 0.1) is 11.3 Å². The Kier molecular flexibility index (Phi) is 4.61. The molecular formula is C23H25BrN2O2. The molecular weight excluding hydrogens is 416 g/mol. The Morgan fingerprint density at radius 1 is 1.07 bits per heavy atom. The molecule has 2 atom stereocenters. The Balaban J connectivity index is 1.81. The Morgan fingerprint density at radius 3 is 2.29 bits per heavy atom. The van der Waals surface area contributed by atoms with Crippen LogP contribution in [0.25, 0.3) is 0 Å². The van der Waals surface area contributed by atoms with Crippen LogP contribution in [-0.4, -0.2) is 17.6 Å². The lowest BCUT2D eigenvalue weighted by Gasteiger charge is -2.40. The molecule has 0 aliphatic heterocycles. The maximum Gasteiger partial charge on any atom is 0.196 e. The Morgan fingerprint density at radius 2 is 1.68 bits per heavy atom. The molecule has 4 rings (SSSR count). The number of nitrogen functional groups attached to an aromatic ring is 1. The highest BCUT2D eigenvalue weighted by Crippen LogP contribution is 2.43. The van der Waals surface area contributed by atoms with Gasteiger partial charge in [-0.2, -0.15) is 0 Å². The van der Waals surface area contributed by atoms with E-state index in [1.165, 1.54) is 6.42 Å². The zero-order chi connectivity index (χ0) is 20.2. The number of ketones is 2. The maximum absolute atomic E-state index is 13.3. The van der Waals surface area contributed by atoms with Crippen molar-refractivity contribution in [3.05, 3.63) is 57.1 Å². The fourth-order valence-corrected chi connectivity index (χ4v) is 5.50. The number of hydrogen-bond donors (Lipinski definition) is 2. The summed E-state index contributed by atoms with van der Waals surface area (Å²) in [6.45, 7) is 6.85. The normalized spacial score (nSPS) is 23.1. The summed E-state index contributed by atoms with van der Waals surface area (Å²) in [5.74, 6) is 0.270. The van der Waals surface area contributed by atoms with Crippen LogP contribution >= 0.6 is 15.9 Å². The van der Waals surface area contributed by atoms with Crippen molar-refractivity contribution in [1.29, 1.82) is 0 Å². The molecule has 146 valence electrons. The van der Waals surface area contributed by atoms with Crippen LogP contribution in [0.2, 0.25) is 0 Å². The van der Waals surface area contributed by atoms with Crippen molar-refractivity contribution in [2.75, 3.05) is 11.1 Å². The molecule has 5 heteroatoms. The van der Waals surface area contributed by atoms with Gasteiger partial charge in [0, 0.05) is 27.3 Å². The molecule has 0 aromatic heterocycles. The van der Waals surface area contributed by atoms with Crippen molar-refractivity contribution in [2.45, 2.75) is 46.1 Å². The summed E-state index contributed by atoms with van der Waals surface area (Å²) in [6, 6.07) is 9.06. The first-order chi connectivity index (χ1) is 13.2. The third-order valence-electron chi connectivity index (χ3n) is 5.93. The average Bonchev–Trinajstić information content (AvgIpc) is 2.61. The molecule has 2 aromatic rings. The van der Waals surface area contributed by atoms with Gasteiger partial charge in [0.05, 0.1) is 16.8 Å². The number of halogens is 1. The molecule has 2 aromatic carbocycles. The van der Waals surface area contributed by atoms with Crippen LogP contribution in [0.3, 0.4) is 0 Å². The van der Waals surface area contributed by atoms with Crippen molar-refractivity contribution in [3.8, 4) is 0 Å². The van der Waals surface area contributed by atoms with Gasteiger partial charge < -0.3 is 11.1 Å². The summed E-state index contributed by atoms with van der Waals surface area (Å²) in [5.41, 5.74) is 9.07. The van der Waals surface area contributed by atoms with E-state index >= 15 is 0 Å². The standard InChI is InChI=1S/C23H25BrN2O2/c1-12-8-13(11-23(2,3)10-12)26-17-9-16(24)20(25)19-18(17)21(27)14-6-4-5-7-15(14)22(19)28/h4-7,9,12-13,26H,8,10-11,25H2,1-3H3. The van der Waals surface area contributed by atoms with Crippen LogP contribution in [0.1, 0.15) is 71.9 Å². The highest BCUT2D eigenvalue weighted by molar-refractivity contribution is 9.10. The number of carbonyl (C=O) groups excluding carboxylic acids is 2. The summed E-state index contributed by atoms with van der Waals surface area (Å²) < 4.78 is 0.636. The summed E-state index contributed by atoms with van der Waals surface area (Å²) in [5, 5.41) is 3.59. The monoisotopic (exact) mass is 440 g/mol. The van der Waals surface area contributed by atoms with Crippen molar-refractivity contribution in [3.63, 3.8) is 0 Å². The maximum atomic E-state index is 13.3.